The Hall–Kier alpha value is -2.86. The monoisotopic (exact) mass is 394 g/mol. The Morgan fingerprint density at radius 1 is 0.966 bits per heavy atom. The number of piperazine rings is 1. The van der Waals surface area contributed by atoms with Gasteiger partial charge in [0.25, 0.3) is 0 Å². The molecule has 0 unspecified atom stereocenters. The number of anilines is 2. The highest BCUT2D eigenvalue weighted by Crippen LogP contribution is 2.22. The molecule has 1 heterocycles. The minimum absolute atomic E-state index is 0.0258. The summed E-state index contributed by atoms with van der Waals surface area (Å²) < 4.78 is 0. The second-order valence-electron chi connectivity index (χ2n) is 7.50. The summed E-state index contributed by atoms with van der Waals surface area (Å²) in [6, 6.07) is 17.9. The van der Waals surface area contributed by atoms with Gasteiger partial charge in [-0.1, -0.05) is 30.3 Å². The highest BCUT2D eigenvalue weighted by Gasteiger charge is 2.17. The van der Waals surface area contributed by atoms with E-state index in [0.29, 0.717) is 6.54 Å². The van der Waals surface area contributed by atoms with Gasteiger partial charge in [-0.3, -0.25) is 9.59 Å². The van der Waals surface area contributed by atoms with E-state index in [4.69, 9.17) is 0 Å². The summed E-state index contributed by atoms with van der Waals surface area (Å²) in [4.78, 5) is 30.7. The van der Waals surface area contributed by atoms with Gasteiger partial charge in [-0.05, 0) is 43.3 Å². The molecule has 1 fully saturated rings. The molecular weight excluding hydrogens is 364 g/mol. The van der Waals surface area contributed by atoms with E-state index >= 15 is 0 Å². The molecule has 0 bridgehead atoms. The fourth-order valence-corrected chi connectivity index (χ4v) is 3.48. The predicted molar refractivity (Wildman–Crippen MR) is 117 cm³/mol. The number of hydrogen-bond donors (Lipinski definition) is 1. The fraction of sp³-hybridized carbons (Fsp3) is 0.391. The minimum atomic E-state index is -0.153. The lowest BCUT2D eigenvalue weighted by Gasteiger charge is -2.34. The molecule has 6 nitrogen and oxygen atoms in total. The maximum absolute atomic E-state index is 12.3. The molecule has 1 N–H and O–H groups in total. The first-order valence-corrected chi connectivity index (χ1v) is 10.2. The van der Waals surface area contributed by atoms with Crippen LogP contribution in [-0.4, -0.2) is 63.0 Å². The third kappa shape index (κ3) is 6.06. The molecule has 3 rings (SSSR count). The first kappa shape index (κ1) is 20.9. The van der Waals surface area contributed by atoms with Crippen molar-refractivity contribution in [3.05, 3.63) is 60.2 Å². The van der Waals surface area contributed by atoms with Crippen LogP contribution in [0.1, 0.15) is 12.5 Å². The summed E-state index contributed by atoms with van der Waals surface area (Å²) in [6.07, 6.45) is 0.770. The Bertz CT molecular complexity index is 799. The van der Waals surface area contributed by atoms with Gasteiger partial charge < -0.3 is 20.0 Å². The molecule has 2 aromatic carbocycles. The maximum Gasteiger partial charge on any atom is 0.240 e. The molecule has 0 aromatic heterocycles. The second-order valence-corrected chi connectivity index (χ2v) is 7.50. The van der Waals surface area contributed by atoms with Gasteiger partial charge in [0.1, 0.15) is 6.54 Å². The van der Waals surface area contributed by atoms with Crippen molar-refractivity contribution < 1.29 is 9.59 Å². The number of nitrogens with one attached hydrogen (secondary N) is 1. The fourth-order valence-electron chi connectivity index (χ4n) is 3.48. The van der Waals surface area contributed by atoms with Gasteiger partial charge in [0.05, 0.1) is 0 Å². The summed E-state index contributed by atoms with van der Waals surface area (Å²) in [5, 5.41) is 2.91. The lowest BCUT2D eigenvalue weighted by atomic mass is 10.1. The molecule has 1 aliphatic rings. The Morgan fingerprint density at radius 2 is 1.62 bits per heavy atom. The number of hydrogen-bond acceptors (Lipinski definition) is 4. The number of carbonyl (C=O) groups is 2. The van der Waals surface area contributed by atoms with E-state index in [1.165, 1.54) is 17.4 Å². The van der Waals surface area contributed by atoms with Crippen LogP contribution in [-0.2, 0) is 16.0 Å². The van der Waals surface area contributed by atoms with Crippen LogP contribution in [0.4, 0.5) is 11.4 Å². The molecule has 0 radical (unpaired) electrons. The van der Waals surface area contributed by atoms with Crippen LogP contribution in [0.3, 0.4) is 0 Å². The van der Waals surface area contributed by atoms with Crippen molar-refractivity contribution >= 4 is 23.2 Å². The molecule has 1 saturated heterocycles. The molecule has 0 saturated carbocycles. The first-order chi connectivity index (χ1) is 14.0. The van der Waals surface area contributed by atoms with Gasteiger partial charge in [0, 0.05) is 51.0 Å². The van der Waals surface area contributed by atoms with Crippen LogP contribution in [0.15, 0.2) is 54.6 Å². The van der Waals surface area contributed by atoms with E-state index in [-0.39, 0.29) is 18.4 Å². The van der Waals surface area contributed by atoms with Crippen molar-refractivity contribution in [2.24, 2.45) is 0 Å². The summed E-state index contributed by atoms with van der Waals surface area (Å²) in [6.45, 7) is 6.15. The lowest BCUT2D eigenvalue weighted by Crippen LogP contribution is -2.44. The third-order valence-electron chi connectivity index (χ3n) is 5.29. The molecule has 29 heavy (non-hydrogen) atoms. The molecule has 6 heteroatoms. The summed E-state index contributed by atoms with van der Waals surface area (Å²) in [5.41, 5.74) is 3.07. The Kier molecular flexibility index (Phi) is 7.25. The molecule has 2 aromatic rings. The van der Waals surface area contributed by atoms with Gasteiger partial charge >= 0.3 is 0 Å². The molecular formula is C23H30N4O2. The van der Waals surface area contributed by atoms with Crippen molar-refractivity contribution in [2.45, 2.75) is 13.3 Å². The SMILES string of the molecule is CC(=O)N(CC(=O)NCCc1ccccc1)c1ccc(N2CCN(C)CC2)cc1. The highest BCUT2D eigenvalue weighted by molar-refractivity contribution is 5.97. The Balaban J connectivity index is 1.54. The smallest absolute Gasteiger partial charge is 0.240 e. The average molecular weight is 395 g/mol. The molecule has 0 aliphatic carbocycles. The minimum Gasteiger partial charge on any atom is -0.369 e. The highest BCUT2D eigenvalue weighted by atomic mass is 16.2. The normalized spacial score (nSPS) is 14.5. The number of rotatable bonds is 7. The van der Waals surface area contributed by atoms with E-state index < -0.39 is 0 Å². The van der Waals surface area contributed by atoms with Gasteiger partial charge in [-0.2, -0.15) is 0 Å². The van der Waals surface area contributed by atoms with E-state index in [2.05, 4.69) is 22.2 Å². The van der Waals surface area contributed by atoms with Crippen LogP contribution in [0.2, 0.25) is 0 Å². The van der Waals surface area contributed by atoms with Crippen LogP contribution in [0.5, 0.6) is 0 Å². The van der Waals surface area contributed by atoms with Crippen LogP contribution in [0, 0.1) is 0 Å². The topological polar surface area (TPSA) is 55.9 Å². The number of benzene rings is 2. The number of carbonyl (C=O) groups excluding carboxylic acids is 2. The standard InChI is InChI=1S/C23H30N4O2/c1-19(28)27(18-23(29)24-13-12-20-6-4-3-5-7-20)22-10-8-21(9-11-22)26-16-14-25(2)15-17-26/h3-11H,12-18H2,1-2H3,(H,24,29). The van der Waals surface area contributed by atoms with Crippen molar-refractivity contribution in [1.82, 2.24) is 10.2 Å². The van der Waals surface area contributed by atoms with E-state index in [9.17, 15) is 9.59 Å². The van der Waals surface area contributed by atoms with Crippen LogP contribution in [0.25, 0.3) is 0 Å². The molecule has 154 valence electrons. The molecule has 2 amide bonds. The van der Waals surface area contributed by atoms with Crippen molar-refractivity contribution in [2.75, 3.05) is 56.1 Å². The number of amides is 2. The maximum atomic E-state index is 12.3. The predicted octanol–water partition coefficient (Wildman–Crippen LogP) is 2.15. The Labute approximate surface area is 173 Å². The first-order valence-electron chi connectivity index (χ1n) is 10.2. The molecule has 0 atom stereocenters. The third-order valence-corrected chi connectivity index (χ3v) is 5.29. The zero-order valence-corrected chi connectivity index (χ0v) is 17.3. The van der Waals surface area contributed by atoms with E-state index in [0.717, 1.165) is 44.0 Å². The Morgan fingerprint density at radius 3 is 2.24 bits per heavy atom. The summed E-state index contributed by atoms with van der Waals surface area (Å²) in [7, 11) is 2.13. The van der Waals surface area contributed by atoms with Crippen LogP contribution >= 0.6 is 0 Å². The van der Waals surface area contributed by atoms with Crippen LogP contribution < -0.4 is 15.1 Å². The van der Waals surface area contributed by atoms with Gasteiger partial charge in [-0.25, -0.2) is 0 Å². The van der Waals surface area contributed by atoms with Gasteiger partial charge in [-0.15, -0.1) is 0 Å². The van der Waals surface area contributed by atoms with E-state index in [1.54, 1.807) is 0 Å². The number of nitrogens with zero attached hydrogens (tertiary/aromatic N) is 3. The zero-order chi connectivity index (χ0) is 20.6. The molecule has 0 spiro atoms. The molecule has 1 aliphatic heterocycles. The zero-order valence-electron chi connectivity index (χ0n) is 17.3. The van der Waals surface area contributed by atoms with Gasteiger partial charge in [0.2, 0.25) is 11.8 Å². The van der Waals surface area contributed by atoms with Gasteiger partial charge in [0.15, 0.2) is 0 Å². The largest absolute Gasteiger partial charge is 0.369 e. The summed E-state index contributed by atoms with van der Waals surface area (Å²) >= 11 is 0. The summed E-state index contributed by atoms with van der Waals surface area (Å²) in [5.74, 6) is -0.296. The second kappa shape index (κ2) is 10.1. The van der Waals surface area contributed by atoms with E-state index in [1.807, 2.05) is 54.6 Å². The lowest BCUT2D eigenvalue weighted by molar-refractivity contribution is -0.123. The van der Waals surface area contributed by atoms with Crippen molar-refractivity contribution in [1.29, 1.82) is 0 Å². The average Bonchev–Trinajstić information content (AvgIpc) is 2.73. The van der Waals surface area contributed by atoms with Crippen molar-refractivity contribution in [3.63, 3.8) is 0 Å². The van der Waals surface area contributed by atoms with Crippen molar-refractivity contribution in [3.8, 4) is 0 Å². The quantitative estimate of drug-likeness (QED) is 0.782. The number of likely N-dealkylation sites (N-methyl/N-ethyl adjacent to an activating group) is 1.